The Morgan fingerprint density at radius 3 is 2.80 bits per heavy atom. The molecule has 80 valence electrons. The first-order valence-corrected chi connectivity index (χ1v) is 4.55. The lowest BCUT2D eigenvalue weighted by atomic mass is 10.1. The van der Waals surface area contributed by atoms with Crippen molar-refractivity contribution in [1.29, 1.82) is 5.26 Å². The van der Waals surface area contributed by atoms with Gasteiger partial charge in [-0.05, 0) is 26.0 Å². The molecule has 15 heavy (non-hydrogen) atoms. The second-order valence-electron chi connectivity index (χ2n) is 3.91. The van der Waals surface area contributed by atoms with Crippen LogP contribution in [0, 0.1) is 11.3 Å². The summed E-state index contributed by atoms with van der Waals surface area (Å²) in [5.41, 5.74) is 5.24. The number of nitrogen functional groups attached to an aromatic ring is 1. The Morgan fingerprint density at radius 2 is 2.27 bits per heavy atom. The van der Waals surface area contributed by atoms with Crippen molar-refractivity contribution in [2.75, 3.05) is 17.6 Å². The molecule has 0 spiro atoms. The van der Waals surface area contributed by atoms with Gasteiger partial charge in [0.1, 0.15) is 11.9 Å². The van der Waals surface area contributed by atoms with Crippen LogP contribution in [0.1, 0.15) is 19.5 Å². The standard InChI is InChI=1S/C10H14N4O/c1-10(2,15)6-13-9-4-3-7(12)8(5-11)14-9/h3-4,15H,6,12H2,1-2H3,(H,13,14). The molecule has 0 saturated carbocycles. The monoisotopic (exact) mass is 206 g/mol. The van der Waals surface area contributed by atoms with Gasteiger partial charge in [0.15, 0.2) is 5.69 Å². The summed E-state index contributed by atoms with van der Waals surface area (Å²) in [6, 6.07) is 5.17. The van der Waals surface area contributed by atoms with Gasteiger partial charge in [-0.25, -0.2) is 4.98 Å². The second-order valence-corrected chi connectivity index (χ2v) is 3.91. The normalized spacial score (nSPS) is 10.8. The number of hydrogen-bond acceptors (Lipinski definition) is 5. The molecule has 0 amide bonds. The van der Waals surface area contributed by atoms with Crippen LogP contribution in [0.15, 0.2) is 12.1 Å². The number of nitrogens with zero attached hydrogens (tertiary/aromatic N) is 2. The number of rotatable bonds is 3. The first-order valence-electron chi connectivity index (χ1n) is 4.55. The number of anilines is 2. The van der Waals surface area contributed by atoms with Gasteiger partial charge < -0.3 is 16.2 Å². The maximum atomic E-state index is 9.48. The van der Waals surface area contributed by atoms with Crippen molar-refractivity contribution in [3.8, 4) is 6.07 Å². The molecule has 0 atom stereocenters. The number of hydrogen-bond donors (Lipinski definition) is 3. The van der Waals surface area contributed by atoms with Gasteiger partial charge in [-0.2, -0.15) is 5.26 Å². The SMILES string of the molecule is CC(C)(O)CNc1ccc(N)c(C#N)n1. The van der Waals surface area contributed by atoms with Gasteiger partial charge in [0, 0.05) is 6.54 Å². The third kappa shape index (κ3) is 3.44. The molecule has 1 aromatic heterocycles. The molecule has 1 heterocycles. The van der Waals surface area contributed by atoms with Crippen molar-refractivity contribution in [3.05, 3.63) is 17.8 Å². The Kier molecular flexibility index (Phi) is 3.12. The molecule has 0 aromatic carbocycles. The average Bonchev–Trinajstić information content (AvgIpc) is 2.15. The maximum absolute atomic E-state index is 9.48. The minimum absolute atomic E-state index is 0.191. The maximum Gasteiger partial charge on any atom is 0.165 e. The summed E-state index contributed by atoms with van der Waals surface area (Å²) in [4.78, 5) is 3.99. The van der Waals surface area contributed by atoms with Gasteiger partial charge in [0.05, 0.1) is 11.3 Å². The predicted molar refractivity (Wildman–Crippen MR) is 58.2 cm³/mol. The fourth-order valence-electron chi connectivity index (χ4n) is 0.965. The van der Waals surface area contributed by atoms with Crippen molar-refractivity contribution in [2.45, 2.75) is 19.4 Å². The number of nitriles is 1. The molecule has 4 N–H and O–H groups in total. The van der Waals surface area contributed by atoms with E-state index < -0.39 is 5.60 Å². The highest BCUT2D eigenvalue weighted by Gasteiger charge is 2.12. The van der Waals surface area contributed by atoms with E-state index in [1.807, 2.05) is 6.07 Å². The smallest absolute Gasteiger partial charge is 0.165 e. The third-order valence-electron chi connectivity index (χ3n) is 1.73. The second kappa shape index (κ2) is 4.15. The van der Waals surface area contributed by atoms with Gasteiger partial charge in [0.25, 0.3) is 0 Å². The van der Waals surface area contributed by atoms with Crippen LogP contribution in [-0.2, 0) is 0 Å². The van der Waals surface area contributed by atoms with E-state index in [9.17, 15) is 5.11 Å². The van der Waals surface area contributed by atoms with Gasteiger partial charge in [-0.3, -0.25) is 0 Å². The lowest BCUT2D eigenvalue weighted by Gasteiger charge is -2.18. The minimum Gasteiger partial charge on any atom is -0.396 e. The first kappa shape index (κ1) is 11.3. The van der Waals surface area contributed by atoms with Gasteiger partial charge in [0.2, 0.25) is 0 Å². The highest BCUT2D eigenvalue weighted by Crippen LogP contribution is 2.12. The number of pyridine rings is 1. The zero-order valence-electron chi connectivity index (χ0n) is 8.78. The molecule has 0 radical (unpaired) electrons. The molecule has 1 aromatic rings. The van der Waals surface area contributed by atoms with Crippen LogP contribution in [0.25, 0.3) is 0 Å². The number of aromatic nitrogens is 1. The Morgan fingerprint density at radius 1 is 1.60 bits per heavy atom. The molecule has 1 rings (SSSR count). The van der Waals surface area contributed by atoms with E-state index in [2.05, 4.69) is 10.3 Å². The summed E-state index contributed by atoms with van der Waals surface area (Å²) in [5, 5.41) is 21.1. The lowest BCUT2D eigenvalue weighted by molar-refractivity contribution is 0.0944. The highest BCUT2D eigenvalue weighted by molar-refractivity contribution is 5.54. The number of aliphatic hydroxyl groups is 1. The molecule has 5 nitrogen and oxygen atoms in total. The predicted octanol–water partition coefficient (Wildman–Crippen LogP) is 0.718. The summed E-state index contributed by atoms with van der Waals surface area (Å²) in [6.07, 6.45) is 0. The van der Waals surface area contributed by atoms with E-state index in [-0.39, 0.29) is 5.69 Å². The van der Waals surface area contributed by atoms with Crippen LogP contribution in [0.4, 0.5) is 11.5 Å². The molecule has 0 fully saturated rings. The van der Waals surface area contributed by atoms with E-state index in [4.69, 9.17) is 11.0 Å². The Balaban J connectivity index is 2.76. The van der Waals surface area contributed by atoms with Crippen LogP contribution in [0.5, 0.6) is 0 Å². The molecular formula is C10H14N4O. The molecule has 0 aliphatic rings. The van der Waals surface area contributed by atoms with Crippen molar-refractivity contribution >= 4 is 11.5 Å². The molecule has 0 saturated heterocycles. The summed E-state index contributed by atoms with van der Waals surface area (Å²) in [6.45, 7) is 3.72. The van der Waals surface area contributed by atoms with Crippen LogP contribution in [-0.4, -0.2) is 22.2 Å². The van der Waals surface area contributed by atoms with E-state index in [0.29, 0.717) is 18.1 Å². The van der Waals surface area contributed by atoms with Crippen LogP contribution in [0.3, 0.4) is 0 Å². The minimum atomic E-state index is -0.824. The quantitative estimate of drug-likeness (QED) is 0.677. The molecule has 5 heteroatoms. The average molecular weight is 206 g/mol. The number of nitrogens with one attached hydrogen (secondary N) is 1. The molecule has 0 aliphatic heterocycles. The van der Waals surface area contributed by atoms with Crippen LogP contribution >= 0.6 is 0 Å². The summed E-state index contributed by atoms with van der Waals surface area (Å²) < 4.78 is 0. The van der Waals surface area contributed by atoms with Crippen molar-refractivity contribution in [2.24, 2.45) is 0 Å². The molecule has 0 unspecified atom stereocenters. The van der Waals surface area contributed by atoms with Crippen molar-refractivity contribution < 1.29 is 5.11 Å². The topological polar surface area (TPSA) is 95.0 Å². The highest BCUT2D eigenvalue weighted by atomic mass is 16.3. The fraction of sp³-hybridized carbons (Fsp3) is 0.400. The van der Waals surface area contributed by atoms with Crippen molar-refractivity contribution in [1.82, 2.24) is 4.98 Å². The first-order chi connectivity index (χ1) is 6.92. The summed E-state index contributed by atoms with van der Waals surface area (Å²) in [5.74, 6) is 0.530. The third-order valence-corrected chi connectivity index (χ3v) is 1.73. The summed E-state index contributed by atoms with van der Waals surface area (Å²) in [7, 11) is 0. The van der Waals surface area contributed by atoms with Gasteiger partial charge in [-0.1, -0.05) is 0 Å². The van der Waals surface area contributed by atoms with Gasteiger partial charge in [-0.15, -0.1) is 0 Å². The Bertz CT molecular complexity index is 389. The molecule has 0 aliphatic carbocycles. The Labute approximate surface area is 88.6 Å². The molecular weight excluding hydrogens is 192 g/mol. The number of nitrogens with two attached hydrogens (primary N) is 1. The Hall–Kier alpha value is -1.80. The molecule has 0 bridgehead atoms. The largest absolute Gasteiger partial charge is 0.396 e. The van der Waals surface area contributed by atoms with E-state index >= 15 is 0 Å². The lowest BCUT2D eigenvalue weighted by Crippen LogP contribution is -2.29. The van der Waals surface area contributed by atoms with Crippen LogP contribution < -0.4 is 11.1 Å². The fourth-order valence-corrected chi connectivity index (χ4v) is 0.965. The van der Waals surface area contributed by atoms with Gasteiger partial charge >= 0.3 is 0 Å². The zero-order chi connectivity index (χ0) is 11.5. The van der Waals surface area contributed by atoms with Crippen molar-refractivity contribution in [3.63, 3.8) is 0 Å². The van der Waals surface area contributed by atoms with Crippen LogP contribution in [0.2, 0.25) is 0 Å². The van der Waals surface area contributed by atoms with E-state index in [0.717, 1.165) is 0 Å². The summed E-state index contributed by atoms with van der Waals surface area (Å²) >= 11 is 0. The van der Waals surface area contributed by atoms with E-state index in [1.54, 1.807) is 26.0 Å². The zero-order valence-corrected chi connectivity index (χ0v) is 8.78. The van der Waals surface area contributed by atoms with E-state index in [1.165, 1.54) is 0 Å².